The molecule has 2 aromatic rings. The van der Waals surface area contributed by atoms with Crippen LogP contribution in [0.1, 0.15) is 31.4 Å². The van der Waals surface area contributed by atoms with Crippen molar-refractivity contribution in [2.75, 3.05) is 0 Å². The summed E-state index contributed by atoms with van der Waals surface area (Å²) in [5.74, 6) is 0. The second-order valence-electron chi connectivity index (χ2n) is 5.16. The molecule has 0 aliphatic heterocycles. The molecule has 0 radical (unpaired) electrons. The van der Waals surface area contributed by atoms with Crippen molar-refractivity contribution in [2.45, 2.75) is 27.2 Å². The molecule has 0 aromatic heterocycles. The second-order valence-corrected chi connectivity index (χ2v) is 5.16. The van der Waals surface area contributed by atoms with Crippen LogP contribution in [0.4, 0.5) is 0 Å². The maximum Gasteiger partial charge on any atom is -0.00307 e. The van der Waals surface area contributed by atoms with E-state index in [4.69, 9.17) is 0 Å². The molecule has 20 heavy (non-hydrogen) atoms. The lowest BCUT2D eigenvalue weighted by Crippen LogP contribution is -2.12. The molecular formula is C20H22. The van der Waals surface area contributed by atoms with Crippen LogP contribution in [0.15, 0.2) is 43.0 Å². The van der Waals surface area contributed by atoms with Gasteiger partial charge in [0.2, 0.25) is 0 Å². The Labute approximate surface area is 121 Å². The van der Waals surface area contributed by atoms with Gasteiger partial charge in [-0.3, -0.25) is 0 Å². The maximum atomic E-state index is 4.23. The molecule has 0 atom stereocenters. The molecular weight excluding hydrogens is 240 g/mol. The van der Waals surface area contributed by atoms with Crippen molar-refractivity contribution in [2.24, 2.45) is 0 Å². The molecule has 1 aliphatic rings. The van der Waals surface area contributed by atoms with Crippen molar-refractivity contribution in [3.05, 3.63) is 64.6 Å². The van der Waals surface area contributed by atoms with Crippen LogP contribution in [0.5, 0.6) is 0 Å². The van der Waals surface area contributed by atoms with Crippen LogP contribution in [0, 0.1) is 6.92 Å². The van der Waals surface area contributed by atoms with E-state index in [1.807, 2.05) is 6.08 Å². The van der Waals surface area contributed by atoms with E-state index in [1.54, 1.807) is 0 Å². The summed E-state index contributed by atoms with van der Waals surface area (Å²) in [5.41, 5.74) is 3.99. The number of allylic oxidation sites excluding steroid dienone is 3. The predicted octanol–water partition coefficient (Wildman–Crippen LogP) is 4.34. The molecule has 0 amide bonds. The lowest BCUT2D eigenvalue weighted by atomic mass is 9.92. The summed E-state index contributed by atoms with van der Waals surface area (Å²) in [6.45, 7) is 10.3. The second kappa shape index (κ2) is 5.50. The molecule has 0 N–H and O–H groups in total. The molecule has 0 heterocycles. The van der Waals surface area contributed by atoms with E-state index in [-0.39, 0.29) is 7.43 Å². The minimum Gasteiger partial charge on any atom is -0.103 e. The van der Waals surface area contributed by atoms with E-state index >= 15 is 0 Å². The highest BCUT2D eigenvalue weighted by Gasteiger charge is 2.11. The molecule has 3 rings (SSSR count). The van der Waals surface area contributed by atoms with Gasteiger partial charge in [0.25, 0.3) is 0 Å². The van der Waals surface area contributed by atoms with Gasteiger partial charge in [0.05, 0.1) is 0 Å². The molecule has 0 spiro atoms. The number of aryl methyl sites for hydroxylation is 1. The van der Waals surface area contributed by atoms with Crippen molar-refractivity contribution in [1.82, 2.24) is 0 Å². The zero-order valence-electron chi connectivity index (χ0n) is 11.4. The summed E-state index contributed by atoms with van der Waals surface area (Å²) < 4.78 is 0. The SMILES string of the molecule is C.C=CCC1=CCC=c2ccc(C)c3ccc(=C)c1c23. The van der Waals surface area contributed by atoms with Gasteiger partial charge >= 0.3 is 0 Å². The highest BCUT2D eigenvalue weighted by atomic mass is 14.1. The van der Waals surface area contributed by atoms with Gasteiger partial charge in [0.15, 0.2) is 0 Å². The van der Waals surface area contributed by atoms with Crippen molar-refractivity contribution < 1.29 is 0 Å². The summed E-state index contributed by atoms with van der Waals surface area (Å²) in [6, 6.07) is 8.77. The fraction of sp³-hybridized carbons (Fsp3) is 0.200. The molecule has 1 aliphatic carbocycles. The zero-order valence-corrected chi connectivity index (χ0v) is 11.4. The Morgan fingerprint density at radius 1 is 1.15 bits per heavy atom. The number of rotatable bonds is 2. The van der Waals surface area contributed by atoms with Gasteiger partial charge in [0.1, 0.15) is 0 Å². The Morgan fingerprint density at radius 3 is 2.70 bits per heavy atom. The zero-order chi connectivity index (χ0) is 13.4. The van der Waals surface area contributed by atoms with E-state index in [2.05, 4.69) is 56.5 Å². The van der Waals surface area contributed by atoms with Gasteiger partial charge in [-0.1, -0.05) is 56.5 Å². The monoisotopic (exact) mass is 262 g/mol. The Hall–Kier alpha value is -2.08. The fourth-order valence-corrected chi connectivity index (χ4v) is 2.97. The highest BCUT2D eigenvalue weighted by Crippen LogP contribution is 2.26. The van der Waals surface area contributed by atoms with E-state index in [1.165, 1.54) is 32.7 Å². The quantitative estimate of drug-likeness (QED) is 0.706. The minimum atomic E-state index is 0. The number of benzene rings is 2. The molecule has 0 unspecified atom stereocenters. The number of hydrogen-bond donors (Lipinski definition) is 0. The van der Waals surface area contributed by atoms with Gasteiger partial charge in [-0.2, -0.15) is 0 Å². The Balaban J connectivity index is 0.00000147. The molecule has 2 aromatic carbocycles. The first kappa shape index (κ1) is 14.3. The average molecular weight is 262 g/mol. The van der Waals surface area contributed by atoms with Crippen LogP contribution in [-0.4, -0.2) is 0 Å². The van der Waals surface area contributed by atoms with Crippen molar-refractivity contribution in [1.29, 1.82) is 0 Å². The van der Waals surface area contributed by atoms with E-state index in [9.17, 15) is 0 Å². The molecule has 0 heteroatoms. The third-order valence-corrected chi connectivity index (χ3v) is 3.91. The van der Waals surface area contributed by atoms with Crippen LogP contribution in [0.3, 0.4) is 0 Å². The molecule has 0 saturated carbocycles. The Kier molecular flexibility index (Phi) is 3.94. The smallest absolute Gasteiger partial charge is 0.00307 e. The topological polar surface area (TPSA) is 0 Å². The average Bonchev–Trinajstić information content (AvgIpc) is 2.58. The van der Waals surface area contributed by atoms with E-state index in [0.717, 1.165) is 18.1 Å². The summed E-state index contributed by atoms with van der Waals surface area (Å²) in [6.07, 6.45) is 8.48. The molecule has 102 valence electrons. The minimum absolute atomic E-state index is 0. The highest BCUT2D eigenvalue weighted by molar-refractivity contribution is 5.97. The maximum absolute atomic E-state index is 4.23. The van der Waals surface area contributed by atoms with Crippen LogP contribution in [0.25, 0.3) is 29.0 Å². The first-order chi connectivity index (χ1) is 9.22. The van der Waals surface area contributed by atoms with Crippen molar-refractivity contribution in [3.63, 3.8) is 0 Å². The van der Waals surface area contributed by atoms with Gasteiger partial charge in [0, 0.05) is 0 Å². The summed E-state index contributed by atoms with van der Waals surface area (Å²) >= 11 is 0. The molecule has 0 fully saturated rings. The Morgan fingerprint density at radius 2 is 1.95 bits per heavy atom. The summed E-state index contributed by atoms with van der Waals surface area (Å²) in [7, 11) is 0. The van der Waals surface area contributed by atoms with Gasteiger partial charge in [-0.25, -0.2) is 0 Å². The van der Waals surface area contributed by atoms with Crippen LogP contribution in [0.2, 0.25) is 0 Å². The lowest BCUT2D eigenvalue weighted by Gasteiger charge is -2.11. The molecule has 0 bridgehead atoms. The van der Waals surface area contributed by atoms with E-state index in [0.29, 0.717) is 0 Å². The first-order valence-corrected chi connectivity index (χ1v) is 6.74. The van der Waals surface area contributed by atoms with Gasteiger partial charge in [-0.05, 0) is 57.7 Å². The van der Waals surface area contributed by atoms with Crippen molar-refractivity contribution >= 4 is 29.0 Å². The predicted molar refractivity (Wildman–Crippen MR) is 92.1 cm³/mol. The summed E-state index contributed by atoms with van der Waals surface area (Å²) in [4.78, 5) is 0. The molecule has 0 saturated heterocycles. The van der Waals surface area contributed by atoms with Crippen LogP contribution in [-0.2, 0) is 0 Å². The largest absolute Gasteiger partial charge is 0.103 e. The normalized spacial score (nSPS) is 12.9. The summed E-state index contributed by atoms with van der Waals surface area (Å²) in [5, 5.41) is 5.14. The first-order valence-electron chi connectivity index (χ1n) is 6.74. The third kappa shape index (κ3) is 2.12. The van der Waals surface area contributed by atoms with Crippen molar-refractivity contribution in [3.8, 4) is 0 Å². The Bertz CT molecular complexity index is 804. The van der Waals surface area contributed by atoms with Gasteiger partial charge in [-0.15, -0.1) is 6.58 Å². The van der Waals surface area contributed by atoms with Gasteiger partial charge < -0.3 is 0 Å². The number of hydrogen-bond acceptors (Lipinski definition) is 0. The van der Waals surface area contributed by atoms with Crippen LogP contribution < -0.4 is 10.4 Å². The van der Waals surface area contributed by atoms with E-state index < -0.39 is 0 Å². The molecule has 0 nitrogen and oxygen atoms in total. The lowest BCUT2D eigenvalue weighted by molar-refractivity contribution is 1.36. The standard InChI is InChI=1S/C19H18.CH4/c1-4-6-15-7-5-8-16-11-9-13(2)17-12-10-14(3)18(15)19(16)17;/h4,7-12H,1,3,5-6H2,2H3;1H4. The van der Waals surface area contributed by atoms with Crippen LogP contribution >= 0.6 is 0 Å². The fourth-order valence-electron chi connectivity index (χ4n) is 2.97. The third-order valence-electron chi connectivity index (χ3n) is 3.91.